The van der Waals surface area contributed by atoms with Gasteiger partial charge in [0.15, 0.2) is 10.9 Å². The Hall–Kier alpha value is -1.66. The Morgan fingerprint density at radius 2 is 2.14 bits per heavy atom. The summed E-state index contributed by atoms with van der Waals surface area (Å²) in [6.45, 7) is 0.615. The van der Waals surface area contributed by atoms with Crippen LogP contribution in [-0.4, -0.2) is 29.4 Å². The predicted molar refractivity (Wildman–Crippen MR) is 80.6 cm³/mol. The van der Waals surface area contributed by atoms with E-state index < -0.39 is 0 Å². The number of rotatable bonds is 2. The van der Waals surface area contributed by atoms with Gasteiger partial charge in [-0.05, 0) is 31.7 Å². The maximum Gasteiger partial charge on any atom is 0.243 e. The molecule has 118 valence electrons. The minimum Gasteiger partial charge on any atom is -0.490 e. The zero-order valence-corrected chi connectivity index (χ0v) is 12.9. The summed E-state index contributed by atoms with van der Waals surface area (Å²) >= 11 is 6.14. The first-order chi connectivity index (χ1) is 10.6. The van der Waals surface area contributed by atoms with Gasteiger partial charge in [-0.15, -0.1) is 0 Å². The van der Waals surface area contributed by atoms with Crippen LogP contribution in [0.4, 0.5) is 0 Å². The van der Waals surface area contributed by atoms with Gasteiger partial charge >= 0.3 is 0 Å². The summed E-state index contributed by atoms with van der Waals surface area (Å²) < 4.78 is 5.73. The van der Waals surface area contributed by atoms with E-state index in [-0.39, 0.29) is 23.9 Å². The number of nitrogens with zero attached hydrogens (tertiary/aromatic N) is 1. The Kier molecular flexibility index (Phi) is 4.59. The van der Waals surface area contributed by atoms with Crippen LogP contribution in [0.5, 0.6) is 5.75 Å². The Labute approximate surface area is 133 Å². The lowest BCUT2D eigenvalue weighted by atomic mass is 9.97. The SMILES string of the molecule is O=C1CCC(NC2CCCCOc3c2ccnc3Cl)C(=O)N1. The summed E-state index contributed by atoms with van der Waals surface area (Å²) in [5.41, 5.74) is 0.921. The first-order valence-corrected chi connectivity index (χ1v) is 7.90. The third kappa shape index (κ3) is 3.23. The van der Waals surface area contributed by atoms with Crippen molar-refractivity contribution in [2.45, 2.75) is 44.2 Å². The molecule has 2 amide bonds. The van der Waals surface area contributed by atoms with Crippen molar-refractivity contribution < 1.29 is 14.3 Å². The molecule has 0 saturated carbocycles. The van der Waals surface area contributed by atoms with Gasteiger partial charge in [-0.3, -0.25) is 20.2 Å². The molecular weight excluding hydrogens is 306 g/mol. The number of ether oxygens (including phenoxy) is 1. The zero-order chi connectivity index (χ0) is 15.5. The highest BCUT2D eigenvalue weighted by Gasteiger charge is 2.30. The Balaban J connectivity index is 1.82. The van der Waals surface area contributed by atoms with E-state index in [4.69, 9.17) is 16.3 Å². The lowest BCUT2D eigenvalue weighted by Crippen LogP contribution is -2.51. The topological polar surface area (TPSA) is 80.3 Å². The van der Waals surface area contributed by atoms with Crippen molar-refractivity contribution in [1.29, 1.82) is 0 Å². The first kappa shape index (κ1) is 15.2. The predicted octanol–water partition coefficient (Wildman–Crippen LogP) is 1.73. The molecular formula is C15H18ClN3O3. The number of nitrogens with one attached hydrogen (secondary N) is 2. The van der Waals surface area contributed by atoms with Gasteiger partial charge in [0.05, 0.1) is 12.6 Å². The molecule has 1 saturated heterocycles. The van der Waals surface area contributed by atoms with Gasteiger partial charge in [0.1, 0.15) is 0 Å². The van der Waals surface area contributed by atoms with Gasteiger partial charge in [-0.25, -0.2) is 4.98 Å². The van der Waals surface area contributed by atoms with Gasteiger partial charge in [-0.2, -0.15) is 0 Å². The number of imide groups is 1. The number of carbonyl (C=O) groups excluding carboxylic acids is 2. The van der Waals surface area contributed by atoms with Crippen LogP contribution in [0.2, 0.25) is 5.15 Å². The van der Waals surface area contributed by atoms with E-state index in [0.29, 0.717) is 30.4 Å². The van der Waals surface area contributed by atoms with E-state index in [1.54, 1.807) is 6.20 Å². The molecule has 0 aliphatic carbocycles. The maximum atomic E-state index is 11.9. The summed E-state index contributed by atoms with van der Waals surface area (Å²) in [6, 6.07) is 1.46. The first-order valence-electron chi connectivity index (χ1n) is 7.52. The second-order valence-corrected chi connectivity index (χ2v) is 5.95. The third-order valence-corrected chi connectivity index (χ3v) is 4.31. The Morgan fingerprint density at radius 3 is 2.95 bits per heavy atom. The van der Waals surface area contributed by atoms with E-state index in [9.17, 15) is 9.59 Å². The largest absolute Gasteiger partial charge is 0.490 e. The molecule has 3 heterocycles. The fourth-order valence-electron chi connectivity index (χ4n) is 2.90. The van der Waals surface area contributed by atoms with E-state index in [1.165, 1.54) is 0 Å². The molecule has 3 rings (SSSR count). The number of pyridine rings is 1. The fourth-order valence-corrected chi connectivity index (χ4v) is 3.12. The zero-order valence-electron chi connectivity index (χ0n) is 12.1. The molecule has 0 aromatic carbocycles. The van der Waals surface area contributed by atoms with Crippen molar-refractivity contribution in [3.63, 3.8) is 0 Å². The molecule has 2 atom stereocenters. The van der Waals surface area contributed by atoms with Gasteiger partial charge in [0, 0.05) is 24.2 Å². The monoisotopic (exact) mass is 323 g/mol. The Morgan fingerprint density at radius 1 is 1.27 bits per heavy atom. The van der Waals surface area contributed by atoms with Gasteiger partial charge in [-0.1, -0.05) is 11.6 Å². The summed E-state index contributed by atoms with van der Waals surface area (Å²) in [7, 11) is 0. The molecule has 2 aliphatic rings. The molecule has 2 N–H and O–H groups in total. The van der Waals surface area contributed by atoms with Crippen LogP contribution in [0, 0.1) is 0 Å². The second-order valence-electron chi connectivity index (χ2n) is 5.59. The number of aromatic nitrogens is 1. The molecule has 1 aromatic rings. The number of amides is 2. The van der Waals surface area contributed by atoms with E-state index in [0.717, 1.165) is 24.8 Å². The number of fused-ring (bicyclic) bond motifs is 1. The maximum absolute atomic E-state index is 11.9. The molecule has 6 nitrogen and oxygen atoms in total. The van der Waals surface area contributed by atoms with Crippen molar-refractivity contribution in [2.24, 2.45) is 0 Å². The number of piperidine rings is 1. The van der Waals surface area contributed by atoms with Crippen LogP contribution >= 0.6 is 11.6 Å². The Bertz CT molecular complexity index is 593. The fraction of sp³-hybridized carbons (Fsp3) is 0.533. The highest BCUT2D eigenvalue weighted by molar-refractivity contribution is 6.30. The number of hydrogen-bond acceptors (Lipinski definition) is 5. The van der Waals surface area contributed by atoms with E-state index in [1.807, 2.05) is 6.07 Å². The standard InChI is InChI=1S/C15H18ClN3O3/c16-14-13-9(6-7-17-14)10(3-1-2-8-22-13)18-11-4-5-12(20)19-15(11)21/h6-7,10-11,18H,1-5,8H2,(H,19,20,21). The number of hydrogen-bond donors (Lipinski definition) is 2. The summed E-state index contributed by atoms with van der Waals surface area (Å²) in [5, 5.41) is 6.06. The number of carbonyl (C=O) groups is 2. The normalized spacial score (nSPS) is 25.5. The molecule has 0 bridgehead atoms. The van der Waals surface area contributed by atoms with Gasteiger partial charge in [0.25, 0.3) is 0 Å². The molecule has 2 aliphatic heterocycles. The highest BCUT2D eigenvalue weighted by Crippen LogP contribution is 2.35. The van der Waals surface area contributed by atoms with E-state index in [2.05, 4.69) is 15.6 Å². The summed E-state index contributed by atoms with van der Waals surface area (Å²) in [6.07, 6.45) is 5.31. The third-order valence-electron chi connectivity index (χ3n) is 4.04. The molecule has 0 spiro atoms. The highest BCUT2D eigenvalue weighted by atomic mass is 35.5. The van der Waals surface area contributed by atoms with Gasteiger partial charge < -0.3 is 4.74 Å². The van der Waals surface area contributed by atoms with Crippen LogP contribution < -0.4 is 15.4 Å². The van der Waals surface area contributed by atoms with Crippen molar-refractivity contribution in [3.8, 4) is 5.75 Å². The average Bonchev–Trinajstić information content (AvgIpc) is 2.46. The molecule has 0 radical (unpaired) electrons. The van der Waals surface area contributed by atoms with Crippen LogP contribution in [0.25, 0.3) is 0 Å². The minimum absolute atomic E-state index is 0.0419. The molecule has 7 heteroatoms. The second kappa shape index (κ2) is 6.62. The van der Waals surface area contributed by atoms with Crippen LogP contribution in [0.1, 0.15) is 43.7 Å². The molecule has 1 aromatic heterocycles. The van der Waals surface area contributed by atoms with Crippen LogP contribution in [0.3, 0.4) is 0 Å². The quantitative estimate of drug-likeness (QED) is 0.640. The van der Waals surface area contributed by atoms with E-state index >= 15 is 0 Å². The minimum atomic E-state index is -0.373. The van der Waals surface area contributed by atoms with Crippen molar-refractivity contribution in [3.05, 3.63) is 23.0 Å². The lowest BCUT2D eigenvalue weighted by Gasteiger charge is -2.30. The average molecular weight is 324 g/mol. The summed E-state index contributed by atoms with van der Waals surface area (Å²) in [4.78, 5) is 27.3. The van der Waals surface area contributed by atoms with Crippen LogP contribution in [0.15, 0.2) is 12.3 Å². The smallest absolute Gasteiger partial charge is 0.243 e. The van der Waals surface area contributed by atoms with Crippen molar-refractivity contribution >= 4 is 23.4 Å². The van der Waals surface area contributed by atoms with Crippen molar-refractivity contribution in [2.75, 3.05) is 6.61 Å². The molecule has 1 fully saturated rings. The number of halogens is 1. The summed E-state index contributed by atoms with van der Waals surface area (Å²) in [5.74, 6) is 0.117. The lowest BCUT2D eigenvalue weighted by molar-refractivity contribution is -0.134. The molecule has 22 heavy (non-hydrogen) atoms. The molecule has 2 unspecified atom stereocenters. The van der Waals surface area contributed by atoms with Gasteiger partial charge in [0.2, 0.25) is 11.8 Å². The van der Waals surface area contributed by atoms with Crippen LogP contribution in [-0.2, 0) is 9.59 Å². The van der Waals surface area contributed by atoms with Crippen molar-refractivity contribution in [1.82, 2.24) is 15.6 Å².